The van der Waals surface area contributed by atoms with Crippen molar-refractivity contribution in [1.82, 2.24) is 24.3 Å². The first kappa shape index (κ1) is 19.8. The number of rotatable bonds is 7. The molecule has 30 heavy (non-hydrogen) atoms. The van der Waals surface area contributed by atoms with Gasteiger partial charge in [0.25, 0.3) is 5.91 Å². The Morgan fingerprint density at radius 1 is 1.13 bits per heavy atom. The molecule has 0 saturated carbocycles. The Kier molecular flexibility index (Phi) is 5.85. The number of hydrogen-bond donors (Lipinski definition) is 1. The first-order valence-electron chi connectivity index (χ1n) is 9.62. The Morgan fingerprint density at radius 2 is 1.93 bits per heavy atom. The van der Waals surface area contributed by atoms with E-state index in [2.05, 4.69) is 34.2 Å². The Morgan fingerprint density at radius 3 is 2.70 bits per heavy atom. The summed E-state index contributed by atoms with van der Waals surface area (Å²) < 4.78 is 3.82. The second-order valence-electron chi connectivity index (χ2n) is 7.06. The number of thiazole rings is 1. The summed E-state index contributed by atoms with van der Waals surface area (Å²) in [5, 5.41) is 9.84. The number of aromatic nitrogens is 5. The van der Waals surface area contributed by atoms with Crippen molar-refractivity contribution in [2.75, 3.05) is 5.32 Å². The second-order valence-corrected chi connectivity index (χ2v) is 7.91. The van der Waals surface area contributed by atoms with Crippen molar-refractivity contribution in [2.45, 2.75) is 26.4 Å². The zero-order valence-corrected chi connectivity index (χ0v) is 17.6. The normalized spacial score (nSPS) is 11.4. The van der Waals surface area contributed by atoms with Gasteiger partial charge in [0, 0.05) is 42.8 Å². The molecule has 1 N–H and O–H groups in total. The van der Waals surface area contributed by atoms with Gasteiger partial charge in [-0.15, -0.1) is 11.3 Å². The molecule has 0 aromatic carbocycles. The van der Waals surface area contributed by atoms with Gasteiger partial charge in [-0.25, -0.2) is 4.98 Å². The first-order chi connectivity index (χ1) is 14.6. The van der Waals surface area contributed by atoms with Gasteiger partial charge in [-0.1, -0.05) is 0 Å². The highest BCUT2D eigenvalue weighted by Crippen LogP contribution is 2.19. The van der Waals surface area contributed by atoms with Crippen molar-refractivity contribution >= 4 is 34.5 Å². The van der Waals surface area contributed by atoms with E-state index >= 15 is 0 Å². The molecule has 0 radical (unpaired) electrons. The molecule has 0 saturated heterocycles. The lowest BCUT2D eigenvalue weighted by molar-refractivity contribution is 0.101. The van der Waals surface area contributed by atoms with Crippen LogP contribution in [0.2, 0.25) is 0 Å². The third-order valence-corrected chi connectivity index (χ3v) is 5.27. The molecule has 0 atom stereocenters. The first-order valence-corrected chi connectivity index (χ1v) is 10.5. The van der Waals surface area contributed by atoms with Gasteiger partial charge in [0.2, 0.25) is 0 Å². The monoisotopic (exact) mass is 418 g/mol. The van der Waals surface area contributed by atoms with Crippen LogP contribution in [0.25, 0.3) is 12.2 Å². The molecule has 4 rings (SSSR count). The van der Waals surface area contributed by atoms with Crippen LogP contribution in [-0.2, 0) is 6.54 Å². The lowest BCUT2D eigenvalue weighted by Crippen LogP contribution is -2.17. The number of pyridine rings is 1. The number of carbonyl (C=O) groups excluding carboxylic acids is 1. The molecule has 4 aromatic heterocycles. The predicted octanol–water partition coefficient (Wildman–Crippen LogP) is 4.59. The van der Waals surface area contributed by atoms with E-state index in [0.717, 1.165) is 17.0 Å². The van der Waals surface area contributed by atoms with E-state index in [1.807, 2.05) is 63.4 Å². The summed E-state index contributed by atoms with van der Waals surface area (Å²) in [5.41, 5.74) is 3.31. The standard InChI is InChI=1S/C22H22N6OS/c1-16(2)28-13-9-18(26-28)5-6-19-15-30-22(24-19)25-21(29)20-4-3-12-27(20)14-17-7-10-23-11-8-17/h3-13,15-16H,14H2,1-2H3,(H,24,25,29)/b6-5+. The highest BCUT2D eigenvalue weighted by molar-refractivity contribution is 7.14. The van der Waals surface area contributed by atoms with Crippen molar-refractivity contribution in [2.24, 2.45) is 0 Å². The lowest BCUT2D eigenvalue weighted by atomic mass is 10.2. The van der Waals surface area contributed by atoms with E-state index in [-0.39, 0.29) is 5.91 Å². The minimum atomic E-state index is -0.186. The van der Waals surface area contributed by atoms with Gasteiger partial charge in [-0.3, -0.25) is 19.8 Å². The zero-order chi connectivity index (χ0) is 20.9. The largest absolute Gasteiger partial charge is 0.339 e. The number of hydrogen-bond acceptors (Lipinski definition) is 5. The molecule has 152 valence electrons. The molecule has 4 aromatic rings. The Hall–Kier alpha value is -3.52. The van der Waals surface area contributed by atoms with E-state index in [1.165, 1.54) is 11.3 Å². The fraction of sp³-hybridized carbons (Fsp3) is 0.182. The van der Waals surface area contributed by atoms with Crippen molar-refractivity contribution < 1.29 is 4.79 Å². The van der Waals surface area contributed by atoms with Crippen LogP contribution in [0.15, 0.2) is 60.5 Å². The van der Waals surface area contributed by atoms with Crippen LogP contribution >= 0.6 is 11.3 Å². The van der Waals surface area contributed by atoms with E-state index in [0.29, 0.717) is 23.4 Å². The second kappa shape index (κ2) is 8.87. The summed E-state index contributed by atoms with van der Waals surface area (Å²) in [5.74, 6) is -0.186. The van der Waals surface area contributed by atoms with Crippen LogP contribution in [0.1, 0.15) is 47.3 Å². The van der Waals surface area contributed by atoms with Crippen molar-refractivity contribution in [1.29, 1.82) is 0 Å². The highest BCUT2D eigenvalue weighted by atomic mass is 32.1. The minimum Gasteiger partial charge on any atom is -0.339 e. The van der Waals surface area contributed by atoms with Gasteiger partial charge in [0.05, 0.1) is 11.4 Å². The zero-order valence-electron chi connectivity index (χ0n) is 16.8. The quantitative estimate of drug-likeness (QED) is 0.476. The molecule has 0 bridgehead atoms. The summed E-state index contributed by atoms with van der Waals surface area (Å²) in [7, 11) is 0. The smallest absolute Gasteiger partial charge is 0.274 e. The van der Waals surface area contributed by atoms with Gasteiger partial charge in [-0.2, -0.15) is 5.10 Å². The average Bonchev–Trinajstić information content (AvgIpc) is 3.48. The third-order valence-electron chi connectivity index (χ3n) is 4.49. The molecular formula is C22H22N6OS. The fourth-order valence-corrected chi connectivity index (χ4v) is 3.60. The molecular weight excluding hydrogens is 396 g/mol. The topological polar surface area (TPSA) is 77.6 Å². The SMILES string of the molecule is CC(C)n1ccc(/C=C/c2csc(NC(=O)c3cccn3Cc3ccncc3)n2)n1. The van der Waals surface area contributed by atoms with E-state index in [4.69, 9.17) is 0 Å². The van der Waals surface area contributed by atoms with Crippen LogP contribution in [0.5, 0.6) is 0 Å². The maximum atomic E-state index is 12.7. The Balaban J connectivity index is 1.41. The summed E-state index contributed by atoms with van der Waals surface area (Å²) in [4.78, 5) is 21.2. The van der Waals surface area contributed by atoms with Crippen LogP contribution in [-0.4, -0.2) is 30.2 Å². The van der Waals surface area contributed by atoms with Crippen LogP contribution in [0.4, 0.5) is 5.13 Å². The maximum absolute atomic E-state index is 12.7. The summed E-state index contributed by atoms with van der Waals surface area (Å²) in [6.45, 7) is 4.78. The summed E-state index contributed by atoms with van der Waals surface area (Å²) in [6.07, 6.45) is 11.2. The molecule has 1 amide bonds. The number of nitrogens with one attached hydrogen (secondary N) is 1. The van der Waals surface area contributed by atoms with Crippen molar-refractivity contribution in [3.05, 3.63) is 83.1 Å². The number of carbonyl (C=O) groups is 1. The Labute approximate surface area is 178 Å². The number of amides is 1. The van der Waals surface area contributed by atoms with E-state index < -0.39 is 0 Å². The molecule has 0 aliphatic carbocycles. The molecule has 0 aliphatic heterocycles. The van der Waals surface area contributed by atoms with Gasteiger partial charge >= 0.3 is 0 Å². The van der Waals surface area contributed by atoms with Crippen molar-refractivity contribution in [3.8, 4) is 0 Å². The molecule has 7 nitrogen and oxygen atoms in total. The number of nitrogens with zero attached hydrogens (tertiary/aromatic N) is 5. The highest BCUT2D eigenvalue weighted by Gasteiger charge is 2.13. The predicted molar refractivity (Wildman–Crippen MR) is 119 cm³/mol. The van der Waals surface area contributed by atoms with Gasteiger partial charge < -0.3 is 4.57 Å². The van der Waals surface area contributed by atoms with E-state index in [9.17, 15) is 4.79 Å². The molecule has 8 heteroatoms. The van der Waals surface area contributed by atoms with Crippen LogP contribution in [0, 0.1) is 0 Å². The van der Waals surface area contributed by atoms with E-state index in [1.54, 1.807) is 18.5 Å². The van der Waals surface area contributed by atoms with Crippen LogP contribution < -0.4 is 5.32 Å². The fourth-order valence-electron chi connectivity index (χ4n) is 2.92. The van der Waals surface area contributed by atoms with Gasteiger partial charge in [0.1, 0.15) is 5.69 Å². The third kappa shape index (κ3) is 4.72. The van der Waals surface area contributed by atoms with Gasteiger partial charge in [0.15, 0.2) is 5.13 Å². The van der Waals surface area contributed by atoms with Crippen LogP contribution in [0.3, 0.4) is 0 Å². The molecule has 0 spiro atoms. The lowest BCUT2D eigenvalue weighted by Gasteiger charge is -2.08. The molecule has 0 fully saturated rings. The average molecular weight is 419 g/mol. The van der Waals surface area contributed by atoms with Crippen molar-refractivity contribution in [3.63, 3.8) is 0 Å². The minimum absolute atomic E-state index is 0.186. The number of anilines is 1. The summed E-state index contributed by atoms with van der Waals surface area (Å²) >= 11 is 1.39. The molecule has 4 heterocycles. The maximum Gasteiger partial charge on any atom is 0.274 e. The van der Waals surface area contributed by atoms with Gasteiger partial charge in [-0.05, 0) is 61.9 Å². The molecule has 0 aliphatic rings. The Bertz CT molecular complexity index is 1160. The molecule has 0 unspecified atom stereocenters. The summed E-state index contributed by atoms with van der Waals surface area (Å²) in [6, 6.07) is 9.82.